The number of nitrogens with zero attached hydrogens (tertiary/aromatic N) is 2. The number of hydrogen-bond acceptors (Lipinski definition) is 3. The van der Waals surface area contributed by atoms with Crippen LogP contribution >= 0.6 is 7.92 Å². The fourth-order valence-electron chi connectivity index (χ4n) is 1.67. The van der Waals surface area contributed by atoms with Gasteiger partial charge in [0.15, 0.2) is 0 Å². The summed E-state index contributed by atoms with van der Waals surface area (Å²) < 4.78 is 0. The summed E-state index contributed by atoms with van der Waals surface area (Å²) in [6.07, 6.45) is 3.97. The summed E-state index contributed by atoms with van der Waals surface area (Å²) in [6.45, 7) is 2.26. The molecule has 0 spiro atoms. The number of hydrogen-bond donors (Lipinski definition) is 1. The van der Waals surface area contributed by atoms with Crippen molar-refractivity contribution in [3.63, 3.8) is 0 Å². The third kappa shape index (κ3) is 1.32. The van der Waals surface area contributed by atoms with Gasteiger partial charge >= 0.3 is 0 Å². The first kappa shape index (κ1) is 6.99. The van der Waals surface area contributed by atoms with Crippen LogP contribution in [-0.4, -0.2) is 49.0 Å². The second-order valence-electron chi connectivity index (χ2n) is 3.19. The molecule has 2 fully saturated rings. The molecule has 2 atom stereocenters. The van der Waals surface area contributed by atoms with Crippen molar-refractivity contribution in [3.8, 4) is 0 Å². The SMILES string of the molecule is CN1CN2CNCP(C1)C2. The van der Waals surface area contributed by atoms with Crippen molar-refractivity contribution >= 4 is 7.92 Å². The summed E-state index contributed by atoms with van der Waals surface area (Å²) in [5, 5.41) is 3.44. The Morgan fingerprint density at radius 3 is 3.10 bits per heavy atom. The minimum Gasteiger partial charge on any atom is -0.300 e. The van der Waals surface area contributed by atoms with E-state index in [2.05, 4.69) is 22.2 Å². The van der Waals surface area contributed by atoms with Gasteiger partial charge in [-0.3, -0.25) is 9.80 Å². The lowest BCUT2D eigenvalue weighted by atomic mass is 10.7. The van der Waals surface area contributed by atoms with E-state index in [0.29, 0.717) is 0 Å². The van der Waals surface area contributed by atoms with Crippen molar-refractivity contribution < 1.29 is 0 Å². The molecule has 0 saturated carbocycles. The van der Waals surface area contributed by atoms with Crippen LogP contribution in [-0.2, 0) is 0 Å². The second-order valence-corrected chi connectivity index (χ2v) is 5.41. The third-order valence-electron chi connectivity index (χ3n) is 1.95. The van der Waals surface area contributed by atoms with Gasteiger partial charge < -0.3 is 5.32 Å². The zero-order valence-electron chi connectivity index (χ0n) is 6.38. The van der Waals surface area contributed by atoms with Gasteiger partial charge in [-0.25, -0.2) is 0 Å². The molecule has 0 aromatic rings. The maximum Gasteiger partial charge on any atom is 0.0522 e. The van der Waals surface area contributed by atoms with Gasteiger partial charge in [-0.15, -0.1) is 0 Å². The predicted molar refractivity (Wildman–Crippen MR) is 44.0 cm³/mol. The molecular formula is C6H14N3P. The Kier molecular flexibility index (Phi) is 1.92. The first-order chi connectivity index (χ1) is 4.84. The number of nitrogens with one attached hydrogen (secondary N) is 1. The monoisotopic (exact) mass is 159 g/mol. The maximum absolute atomic E-state index is 3.44. The highest BCUT2D eigenvalue weighted by Gasteiger charge is 2.25. The van der Waals surface area contributed by atoms with Crippen molar-refractivity contribution in [2.75, 3.05) is 39.2 Å². The summed E-state index contributed by atoms with van der Waals surface area (Å²) in [6, 6.07) is 0. The van der Waals surface area contributed by atoms with E-state index >= 15 is 0 Å². The molecule has 1 N–H and O–H groups in total. The summed E-state index contributed by atoms with van der Waals surface area (Å²) in [5.74, 6) is 0. The zero-order chi connectivity index (χ0) is 6.97. The van der Waals surface area contributed by atoms with Gasteiger partial charge in [-0.05, 0) is 7.05 Å². The van der Waals surface area contributed by atoms with Gasteiger partial charge in [-0.2, -0.15) is 0 Å². The van der Waals surface area contributed by atoms with E-state index in [1.807, 2.05) is 0 Å². The molecular weight excluding hydrogens is 145 g/mol. The van der Waals surface area contributed by atoms with Crippen molar-refractivity contribution in [3.05, 3.63) is 0 Å². The average molecular weight is 159 g/mol. The van der Waals surface area contributed by atoms with Crippen LogP contribution in [0.15, 0.2) is 0 Å². The smallest absolute Gasteiger partial charge is 0.0522 e. The van der Waals surface area contributed by atoms with E-state index in [4.69, 9.17) is 0 Å². The van der Waals surface area contributed by atoms with Gasteiger partial charge in [-0.1, -0.05) is 7.92 Å². The van der Waals surface area contributed by atoms with Gasteiger partial charge in [0.1, 0.15) is 0 Å². The van der Waals surface area contributed by atoms with E-state index < -0.39 is 0 Å². The minimum atomic E-state index is 0.279. The largest absolute Gasteiger partial charge is 0.300 e. The molecule has 0 aliphatic carbocycles. The lowest BCUT2D eigenvalue weighted by Gasteiger charge is -2.42. The first-order valence-electron chi connectivity index (χ1n) is 3.68. The maximum atomic E-state index is 3.44. The fourth-order valence-corrected chi connectivity index (χ4v) is 3.90. The van der Waals surface area contributed by atoms with Crippen LogP contribution < -0.4 is 5.32 Å². The van der Waals surface area contributed by atoms with E-state index in [-0.39, 0.29) is 7.92 Å². The molecule has 2 saturated heterocycles. The summed E-state index contributed by atoms with van der Waals surface area (Å²) in [4.78, 5) is 4.91. The molecule has 2 heterocycles. The number of fused-ring (bicyclic) bond motifs is 2. The Bertz CT molecular complexity index is 114. The Hall–Kier alpha value is 0.310. The van der Waals surface area contributed by atoms with Crippen LogP contribution in [0.5, 0.6) is 0 Å². The van der Waals surface area contributed by atoms with Crippen molar-refractivity contribution in [2.45, 2.75) is 0 Å². The van der Waals surface area contributed by atoms with E-state index in [1.54, 1.807) is 0 Å². The highest BCUT2D eigenvalue weighted by molar-refractivity contribution is 7.57. The quantitative estimate of drug-likeness (QED) is 0.506. The van der Waals surface area contributed by atoms with Gasteiger partial charge in [0, 0.05) is 25.5 Å². The first-order valence-corrected chi connectivity index (χ1v) is 5.58. The van der Waals surface area contributed by atoms with Gasteiger partial charge in [0.2, 0.25) is 0 Å². The van der Waals surface area contributed by atoms with Crippen LogP contribution in [0.3, 0.4) is 0 Å². The summed E-state index contributed by atoms with van der Waals surface area (Å²) in [5.41, 5.74) is 0. The molecule has 58 valence electrons. The molecule has 3 nitrogen and oxygen atoms in total. The van der Waals surface area contributed by atoms with Crippen LogP contribution in [0.1, 0.15) is 0 Å². The van der Waals surface area contributed by atoms with Crippen LogP contribution in [0.25, 0.3) is 0 Å². The highest BCUT2D eigenvalue weighted by atomic mass is 31.1. The van der Waals surface area contributed by atoms with Crippen molar-refractivity contribution in [1.29, 1.82) is 0 Å². The lowest BCUT2D eigenvalue weighted by Crippen LogP contribution is -2.50. The van der Waals surface area contributed by atoms with Gasteiger partial charge in [0.05, 0.1) is 6.67 Å². The topological polar surface area (TPSA) is 18.5 Å². The molecule has 2 rings (SSSR count). The molecule has 2 aliphatic rings. The molecule has 0 aromatic carbocycles. The van der Waals surface area contributed by atoms with E-state index in [0.717, 1.165) is 13.3 Å². The molecule has 10 heavy (non-hydrogen) atoms. The fraction of sp³-hybridized carbons (Fsp3) is 1.00. The average Bonchev–Trinajstić information content (AvgIpc) is 1.85. The molecule has 0 radical (unpaired) electrons. The highest BCUT2D eigenvalue weighted by Crippen LogP contribution is 2.39. The number of rotatable bonds is 0. The summed E-state index contributed by atoms with van der Waals surface area (Å²) in [7, 11) is 2.49. The van der Waals surface area contributed by atoms with E-state index in [1.165, 1.54) is 18.9 Å². The van der Waals surface area contributed by atoms with Crippen LogP contribution in [0.4, 0.5) is 0 Å². The molecule has 0 aromatic heterocycles. The molecule has 0 amide bonds. The second kappa shape index (κ2) is 2.74. The molecule has 4 heteroatoms. The van der Waals surface area contributed by atoms with E-state index in [9.17, 15) is 0 Å². The van der Waals surface area contributed by atoms with Crippen molar-refractivity contribution in [1.82, 2.24) is 15.1 Å². The molecule has 2 aliphatic heterocycles. The van der Waals surface area contributed by atoms with Gasteiger partial charge in [0.25, 0.3) is 0 Å². The Morgan fingerprint density at radius 2 is 2.30 bits per heavy atom. The van der Waals surface area contributed by atoms with Crippen molar-refractivity contribution in [2.24, 2.45) is 0 Å². The Morgan fingerprint density at radius 1 is 1.40 bits per heavy atom. The standard InChI is InChI=1S/C6H14N3P/c1-8-4-9-2-7-3-10(5-8)6-9/h7H,2-6H2,1H3. The summed E-state index contributed by atoms with van der Waals surface area (Å²) >= 11 is 0. The third-order valence-corrected chi connectivity index (χ3v) is 4.31. The zero-order valence-corrected chi connectivity index (χ0v) is 7.27. The van der Waals surface area contributed by atoms with Crippen LogP contribution in [0, 0.1) is 0 Å². The Labute approximate surface area is 63.1 Å². The lowest BCUT2D eigenvalue weighted by molar-refractivity contribution is 0.160. The predicted octanol–water partition coefficient (Wildman–Crippen LogP) is 0.106. The normalized spacial score (nSPS) is 41.7. The van der Waals surface area contributed by atoms with Crippen LogP contribution in [0.2, 0.25) is 0 Å². The Balaban J connectivity index is 1.98. The molecule has 2 bridgehead atoms. The minimum absolute atomic E-state index is 0.279. The molecule has 2 unspecified atom stereocenters.